The van der Waals surface area contributed by atoms with E-state index in [0.717, 1.165) is 13.1 Å². The highest BCUT2D eigenvalue weighted by Gasteiger charge is 2.42. The molecule has 2 heteroatoms. The molecule has 0 heterocycles. The van der Waals surface area contributed by atoms with Crippen LogP contribution in [0, 0.1) is 5.41 Å². The van der Waals surface area contributed by atoms with Crippen molar-refractivity contribution in [3.63, 3.8) is 0 Å². The lowest BCUT2D eigenvalue weighted by molar-refractivity contribution is 0.523. The molecule has 0 spiro atoms. The fourth-order valence-corrected chi connectivity index (χ4v) is 2.61. The Morgan fingerprint density at radius 1 is 1.11 bits per heavy atom. The van der Waals surface area contributed by atoms with Crippen LogP contribution in [0.25, 0.3) is 10.8 Å². The molecule has 3 rings (SSSR count). The maximum absolute atomic E-state index is 5.86. The van der Waals surface area contributed by atoms with Crippen LogP contribution in [0.4, 0.5) is 5.69 Å². The van der Waals surface area contributed by atoms with Gasteiger partial charge < -0.3 is 10.6 Å². The normalized spacial score (nSPS) is 16.8. The fraction of sp³-hybridized carbons (Fsp3) is 0.375. The van der Waals surface area contributed by atoms with Gasteiger partial charge >= 0.3 is 0 Å². The minimum Gasteiger partial charge on any atom is -0.374 e. The number of nitrogens with zero attached hydrogens (tertiary/aromatic N) is 1. The monoisotopic (exact) mass is 240 g/mol. The highest BCUT2D eigenvalue weighted by molar-refractivity contribution is 5.85. The molecule has 2 nitrogen and oxygen atoms in total. The van der Waals surface area contributed by atoms with E-state index < -0.39 is 0 Å². The summed E-state index contributed by atoms with van der Waals surface area (Å²) in [6.07, 6.45) is 2.56. The maximum Gasteiger partial charge on any atom is 0.0370 e. The minimum atomic E-state index is 0.389. The number of benzene rings is 2. The molecule has 0 atom stereocenters. The molecule has 1 saturated carbocycles. The second-order valence-corrected chi connectivity index (χ2v) is 5.59. The van der Waals surface area contributed by atoms with Gasteiger partial charge in [-0.25, -0.2) is 0 Å². The molecule has 0 saturated heterocycles. The Morgan fingerprint density at radius 3 is 2.50 bits per heavy atom. The summed E-state index contributed by atoms with van der Waals surface area (Å²) in [4.78, 5) is 2.34. The third kappa shape index (κ3) is 2.08. The molecule has 1 aliphatic carbocycles. The van der Waals surface area contributed by atoms with Crippen LogP contribution < -0.4 is 10.6 Å². The predicted octanol–water partition coefficient (Wildman–Crippen LogP) is 3.01. The van der Waals surface area contributed by atoms with E-state index in [1.807, 2.05) is 0 Å². The van der Waals surface area contributed by atoms with E-state index in [2.05, 4.69) is 54.4 Å². The highest BCUT2D eigenvalue weighted by Crippen LogP contribution is 2.45. The smallest absolute Gasteiger partial charge is 0.0370 e. The molecule has 1 aliphatic rings. The van der Waals surface area contributed by atoms with Gasteiger partial charge in [-0.15, -0.1) is 0 Å². The van der Waals surface area contributed by atoms with Crippen molar-refractivity contribution in [2.45, 2.75) is 12.8 Å². The summed E-state index contributed by atoms with van der Waals surface area (Å²) in [5.74, 6) is 0. The summed E-state index contributed by atoms with van der Waals surface area (Å²) in [5, 5.41) is 2.61. The minimum absolute atomic E-state index is 0.389. The molecule has 0 amide bonds. The first-order chi connectivity index (χ1) is 8.72. The highest BCUT2D eigenvalue weighted by atomic mass is 15.1. The predicted molar refractivity (Wildman–Crippen MR) is 77.9 cm³/mol. The molecular formula is C16H20N2. The van der Waals surface area contributed by atoms with Crippen molar-refractivity contribution in [2.24, 2.45) is 11.1 Å². The Balaban J connectivity index is 1.85. The van der Waals surface area contributed by atoms with Crippen LogP contribution in [-0.2, 0) is 0 Å². The molecule has 0 unspecified atom stereocenters. The van der Waals surface area contributed by atoms with E-state index >= 15 is 0 Å². The van der Waals surface area contributed by atoms with Gasteiger partial charge in [0.25, 0.3) is 0 Å². The van der Waals surface area contributed by atoms with E-state index in [0.29, 0.717) is 5.41 Å². The lowest BCUT2D eigenvalue weighted by Crippen LogP contribution is -2.31. The molecule has 2 aromatic carbocycles. The Labute approximate surface area is 108 Å². The Hall–Kier alpha value is -1.54. The van der Waals surface area contributed by atoms with E-state index in [1.165, 1.54) is 29.3 Å². The number of nitrogens with two attached hydrogens (primary N) is 1. The van der Waals surface area contributed by atoms with E-state index in [-0.39, 0.29) is 0 Å². The van der Waals surface area contributed by atoms with Crippen LogP contribution in [0.2, 0.25) is 0 Å². The van der Waals surface area contributed by atoms with Gasteiger partial charge in [-0.2, -0.15) is 0 Å². The third-order valence-corrected chi connectivity index (χ3v) is 4.14. The first kappa shape index (κ1) is 11.5. The van der Waals surface area contributed by atoms with Crippen LogP contribution in [0.1, 0.15) is 12.8 Å². The Kier molecular flexibility index (Phi) is 2.75. The second-order valence-electron chi connectivity index (χ2n) is 5.59. The quantitative estimate of drug-likeness (QED) is 0.890. The third-order valence-electron chi connectivity index (χ3n) is 4.14. The molecule has 18 heavy (non-hydrogen) atoms. The number of hydrogen-bond acceptors (Lipinski definition) is 2. The lowest BCUT2D eigenvalue weighted by atomic mass is 10.1. The standard InChI is InChI=1S/C16H20N2/c1-18(12-16(11-17)8-9-16)15-7-6-13-4-2-3-5-14(13)10-15/h2-7,10H,8-9,11-12,17H2,1H3. The molecule has 94 valence electrons. The molecule has 2 N–H and O–H groups in total. The summed E-state index contributed by atoms with van der Waals surface area (Å²) < 4.78 is 0. The summed E-state index contributed by atoms with van der Waals surface area (Å²) >= 11 is 0. The van der Waals surface area contributed by atoms with Crippen LogP contribution in [-0.4, -0.2) is 20.1 Å². The van der Waals surface area contributed by atoms with Crippen molar-refractivity contribution >= 4 is 16.5 Å². The van der Waals surface area contributed by atoms with Gasteiger partial charge in [-0.1, -0.05) is 30.3 Å². The molecule has 1 fully saturated rings. The van der Waals surface area contributed by atoms with Gasteiger partial charge in [0.2, 0.25) is 0 Å². The van der Waals surface area contributed by atoms with Gasteiger partial charge in [0.1, 0.15) is 0 Å². The summed E-state index contributed by atoms with van der Waals surface area (Å²) in [5.41, 5.74) is 7.53. The van der Waals surface area contributed by atoms with Crippen molar-refractivity contribution in [1.82, 2.24) is 0 Å². The van der Waals surface area contributed by atoms with Crippen molar-refractivity contribution < 1.29 is 0 Å². The molecule has 0 bridgehead atoms. The summed E-state index contributed by atoms with van der Waals surface area (Å²) in [6.45, 7) is 1.88. The van der Waals surface area contributed by atoms with Crippen molar-refractivity contribution in [2.75, 3.05) is 25.0 Å². The average molecular weight is 240 g/mol. The fourth-order valence-electron chi connectivity index (χ4n) is 2.61. The zero-order valence-corrected chi connectivity index (χ0v) is 10.9. The zero-order chi connectivity index (χ0) is 12.6. The van der Waals surface area contributed by atoms with Gasteiger partial charge in [-0.3, -0.25) is 0 Å². The number of fused-ring (bicyclic) bond motifs is 1. The van der Waals surface area contributed by atoms with Crippen molar-refractivity contribution in [1.29, 1.82) is 0 Å². The van der Waals surface area contributed by atoms with Gasteiger partial charge in [-0.05, 0) is 42.3 Å². The van der Waals surface area contributed by atoms with E-state index in [9.17, 15) is 0 Å². The number of anilines is 1. The van der Waals surface area contributed by atoms with E-state index in [4.69, 9.17) is 5.73 Å². The van der Waals surface area contributed by atoms with Crippen molar-refractivity contribution in [3.8, 4) is 0 Å². The zero-order valence-electron chi connectivity index (χ0n) is 10.9. The van der Waals surface area contributed by atoms with Crippen molar-refractivity contribution in [3.05, 3.63) is 42.5 Å². The average Bonchev–Trinajstić information content (AvgIpc) is 3.18. The summed E-state index contributed by atoms with van der Waals surface area (Å²) in [6, 6.07) is 15.2. The number of rotatable bonds is 4. The molecule has 2 aromatic rings. The molecular weight excluding hydrogens is 220 g/mol. The summed E-state index contributed by atoms with van der Waals surface area (Å²) in [7, 11) is 2.17. The first-order valence-corrected chi connectivity index (χ1v) is 6.62. The lowest BCUT2D eigenvalue weighted by Gasteiger charge is -2.25. The van der Waals surface area contributed by atoms with Crippen LogP contribution >= 0.6 is 0 Å². The Morgan fingerprint density at radius 2 is 1.83 bits per heavy atom. The van der Waals surface area contributed by atoms with Gasteiger partial charge in [0.15, 0.2) is 0 Å². The maximum atomic E-state index is 5.86. The van der Waals surface area contributed by atoms with Crippen LogP contribution in [0.15, 0.2) is 42.5 Å². The molecule has 0 radical (unpaired) electrons. The van der Waals surface area contributed by atoms with Crippen LogP contribution in [0.5, 0.6) is 0 Å². The number of hydrogen-bond donors (Lipinski definition) is 1. The van der Waals surface area contributed by atoms with Gasteiger partial charge in [0, 0.05) is 24.7 Å². The molecule has 0 aliphatic heterocycles. The first-order valence-electron chi connectivity index (χ1n) is 6.62. The second kappa shape index (κ2) is 4.29. The van der Waals surface area contributed by atoms with Crippen LogP contribution in [0.3, 0.4) is 0 Å². The topological polar surface area (TPSA) is 29.3 Å². The van der Waals surface area contributed by atoms with Gasteiger partial charge in [0.05, 0.1) is 0 Å². The SMILES string of the molecule is CN(CC1(CN)CC1)c1ccc2ccccc2c1. The van der Waals surface area contributed by atoms with E-state index in [1.54, 1.807) is 0 Å². The largest absolute Gasteiger partial charge is 0.374 e. The molecule has 0 aromatic heterocycles. The Bertz CT molecular complexity index is 558.